The minimum absolute atomic E-state index is 0.0572. The summed E-state index contributed by atoms with van der Waals surface area (Å²) in [6, 6.07) is -0.514. The molecule has 0 radical (unpaired) electrons. The average Bonchev–Trinajstić information content (AvgIpc) is 2.22. The first-order valence-corrected chi connectivity index (χ1v) is 6.74. The minimum atomic E-state index is -0.907. The molecule has 0 spiro atoms. The Morgan fingerprint density at radius 2 is 1.67 bits per heavy atom. The molecular formula is C13H26N2O3. The van der Waals surface area contributed by atoms with Gasteiger partial charge in [0.05, 0.1) is 6.42 Å². The van der Waals surface area contributed by atoms with Gasteiger partial charge < -0.3 is 15.7 Å². The minimum Gasteiger partial charge on any atom is -0.481 e. The number of hydrogen-bond acceptors (Lipinski definition) is 2. The van der Waals surface area contributed by atoms with Gasteiger partial charge in [-0.3, -0.25) is 4.79 Å². The fraction of sp³-hybridized carbons (Fsp3) is 0.846. The van der Waals surface area contributed by atoms with E-state index in [9.17, 15) is 9.59 Å². The molecule has 2 amide bonds. The number of nitrogens with one attached hydrogen (secondary N) is 2. The predicted molar refractivity (Wildman–Crippen MR) is 71.6 cm³/mol. The first-order chi connectivity index (χ1) is 8.45. The Labute approximate surface area is 109 Å². The van der Waals surface area contributed by atoms with Crippen molar-refractivity contribution in [2.75, 3.05) is 0 Å². The fourth-order valence-electron chi connectivity index (χ4n) is 1.75. The highest BCUT2D eigenvalue weighted by Gasteiger charge is 2.12. The van der Waals surface area contributed by atoms with Gasteiger partial charge >= 0.3 is 12.0 Å². The molecule has 0 aliphatic carbocycles. The third-order valence-electron chi connectivity index (χ3n) is 2.73. The van der Waals surface area contributed by atoms with E-state index in [1.54, 1.807) is 6.92 Å². The normalized spacial score (nSPS) is 13.7. The fourth-order valence-corrected chi connectivity index (χ4v) is 1.75. The van der Waals surface area contributed by atoms with Crippen LogP contribution in [0.5, 0.6) is 0 Å². The lowest BCUT2D eigenvalue weighted by molar-refractivity contribution is -0.137. The molecule has 0 heterocycles. The molecule has 0 aromatic rings. The van der Waals surface area contributed by atoms with Crippen LogP contribution in [0.3, 0.4) is 0 Å². The zero-order valence-corrected chi connectivity index (χ0v) is 11.7. The second-order valence-electron chi connectivity index (χ2n) is 4.87. The van der Waals surface area contributed by atoms with Gasteiger partial charge in [-0.05, 0) is 20.3 Å². The zero-order valence-electron chi connectivity index (χ0n) is 11.7. The number of carbonyl (C=O) groups is 2. The number of carboxylic acids is 1. The Morgan fingerprint density at radius 3 is 2.22 bits per heavy atom. The number of aliphatic carboxylic acids is 1. The van der Waals surface area contributed by atoms with Gasteiger partial charge in [0.15, 0.2) is 0 Å². The van der Waals surface area contributed by atoms with E-state index < -0.39 is 5.97 Å². The molecule has 106 valence electrons. The Kier molecular flexibility index (Phi) is 9.06. The summed E-state index contributed by atoms with van der Waals surface area (Å²) in [4.78, 5) is 22.0. The van der Waals surface area contributed by atoms with Crippen molar-refractivity contribution in [1.29, 1.82) is 0 Å². The number of amides is 2. The first kappa shape index (κ1) is 16.7. The topological polar surface area (TPSA) is 78.4 Å². The van der Waals surface area contributed by atoms with Gasteiger partial charge in [0.25, 0.3) is 0 Å². The van der Waals surface area contributed by atoms with E-state index in [0.29, 0.717) is 0 Å². The summed E-state index contributed by atoms with van der Waals surface area (Å²) in [6.45, 7) is 5.81. The zero-order chi connectivity index (χ0) is 14.0. The molecule has 2 unspecified atom stereocenters. The molecule has 0 rings (SSSR count). The summed E-state index contributed by atoms with van der Waals surface area (Å²) in [5, 5.41) is 14.0. The van der Waals surface area contributed by atoms with Crippen LogP contribution in [0.1, 0.15) is 59.3 Å². The Bertz CT molecular complexity index is 257. The van der Waals surface area contributed by atoms with Crippen molar-refractivity contribution in [3.8, 4) is 0 Å². The number of rotatable bonds is 9. The van der Waals surface area contributed by atoms with E-state index in [0.717, 1.165) is 12.8 Å². The lowest BCUT2D eigenvalue weighted by Gasteiger charge is -2.17. The highest BCUT2D eigenvalue weighted by molar-refractivity contribution is 5.75. The number of unbranched alkanes of at least 4 members (excludes halogenated alkanes) is 3. The Hall–Kier alpha value is -1.26. The number of carboxylic acid groups (broad SMARTS) is 1. The third kappa shape index (κ3) is 9.93. The number of urea groups is 1. The molecular weight excluding hydrogens is 232 g/mol. The van der Waals surface area contributed by atoms with E-state index in [1.165, 1.54) is 19.3 Å². The van der Waals surface area contributed by atoms with Gasteiger partial charge in [-0.2, -0.15) is 0 Å². The molecule has 5 nitrogen and oxygen atoms in total. The third-order valence-corrected chi connectivity index (χ3v) is 2.73. The van der Waals surface area contributed by atoms with Gasteiger partial charge in [-0.1, -0.05) is 32.6 Å². The molecule has 2 atom stereocenters. The highest BCUT2D eigenvalue weighted by Crippen LogP contribution is 2.05. The van der Waals surface area contributed by atoms with Gasteiger partial charge in [0, 0.05) is 12.1 Å². The molecule has 0 aliphatic rings. The number of hydrogen-bond donors (Lipinski definition) is 3. The van der Waals surface area contributed by atoms with Gasteiger partial charge in [0.1, 0.15) is 0 Å². The van der Waals surface area contributed by atoms with Crippen LogP contribution in [-0.4, -0.2) is 29.2 Å². The van der Waals surface area contributed by atoms with E-state index in [1.807, 2.05) is 6.92 Å². The largest absolute Gasteiger partial charge is 0.481 e. The molecule has 3 N–H and O–H groups in total. The van der Waals surface area contributed by atoms with Crippen LogP contribution in [-0.2, 0) is 4.79 Å². The van der Waals surface area contributed by atoms with E-state index in [-0.39, 0.29) is 24.5 Å². The maximum Gasteiger partial charge on any atom is 0.315 e. The monoisotopic (exact) mass is 258 g/mol. The molecule has 18 heavy (non-hydrogen) atoms. The van der Waals surface area contributed by atoms with E-state index in [2.05, 4.69) is 17.6 Å². The molecule has 0 saturated carbocycles. The van der Waals surface area contributed by atoms with Crippen molar-refractivity contribution in [1.82, 2.24) is 10.6 Å². The molecule has 0 aromatic carbocycles. The van der Waals surface area contributed by atoms with Crippen molar-refractivity contribution in [2.24, 2.45) is 0 Å². The van der Waals surface area contributed by atoms with Crippen LogP contribution in [0.25, 0.3) is 0 Å². The molecule has 0 aromatic heterocycles. The van der Waals surface area contributed by atoms with E-state index in [4.69, 9.17) is 5.11 Å². The van der Waals surface area contributed by atoms with Crippen LogP contribution in [0.4, 0.5) is 4.79 Å². The molecule has 0 aliphatic heterocycles. The second kappa shape index (κ2) is 9.74. The van der Waals surface area contributed by atoms with Crippen LogP contribution in [0.2, 0.25) is 0 Å². The Morgan fingerprint density at radius 1 is 1.06 bits per heavy atom. The molecule has 0 saturated heterocycles. The SMILES string of the molecule is CCCCCCC(C)NC(=O)NC(C)CC(=O)O. The average molecular weight is 258 g/mol. The smallest absolute Gasteiger partial charge is 0.315 e. The maximum absolute atomic E-state index is 11.5. The Balaban J connectivity index is 3.69. The summed E-state index contributed by atoms with van der Waals surface area (Å²) < 4.78 is 0. The quantitative estimate of drug-likeness (QED) is 0.556. The van der Waals surface area contributed by atoms with Crippen molar-refractivity contribution < 1.29 is 14.7 Å². The summed E-state index contributed by atoms with van der Waals surface area (Å²) in [5.74, 6) is -0.907. The molecule has 0 bridgehead atoms. The maximum atomic E-state index is 11.5. The lowest BCUT2D eigenvalue weighted by Crippen LogP contribution is -2.45. The second-order valence-corrected chi connectivity index (χ2v) is 4.87. The van der Waals surface area contributed by atoms with Crippen molar-refractivity contribution in [3.05, 3.63) is 0 Å². The van der Waals surface area contributed by atoms with Gasteiger partial charge in [-0.25, -0.2) is 4.79 Å². The highest BCUT2D eigenvalue weighted by atomic mass is 16.4. The standard InChI is InChI=1S/C13H26N2O3/c1-4-5-6-7-8-10(2)14-13(18)15-11(3)9-12(16)17/h10-11H,4-9H2,1-3H3,(H,16,17)(H2,14,15,18). The van der Waals surface area contributed by atoms with Crippen molar-refractivity contribution in [3.63, 3.8) is 0 Å². The molecule has 5 heteroatoms. The lowest BCUT2D eigenvalue weighted by atomic mass is 10.1. The van der Waals surface area contributed by atoms with E-state index >= 15 is 0 Å². The summed E-state index contributed by atoms with van der Waals surface area (Å²) in [7, 11) is 0. The first-order valence-electron chi connectivity index (χ1n) is 6.74. The van der Waals surface area contributed by atoms with Crippen LogP contribution in [0.15, 0.2) is 0 Å². The van der Waals surface area contributed by atoms with Gasteiger partial charge in [-0.15, -0.1) is 0 Å². The van der Waals surface area contributed by atoms with Gasteiger partial charge in [0.2, 0.25) is 0 Å². The van der Waals surface area contributed by atoms with Crippen LogP contribution < -0.4 is 10.6 Å². The summed E-state index contributed by atoms with van der Waals surface area (Å²) in [6.07, 6.45) is 5.64. The van der Waals surface area contributed by atoms with Crippen molar-refractivity contribution >= 4 is 12.0 Å². The predicted octanol–water partition coefficient (Wildman–Crippen LogP) is 2.51. The molecule has 0 fully saturated rings. The van der Waals surface area contributed by atoms with Crippen molar-refractivity contribution in [2.45, 2.75) is 71.4 Å². The summed E-state index contributed by atoms with van der Waals surface area (Å²) >= 11 is 0. The van der Waals surface area contributed by atoms with Crippen LogP contribution >= 0.6 is 0 Å². The summed E-state index contributed by atoms with van der Waals surface area (Å²) in [5.41, 5.74) is 0. The number of carbonyl (C=O) groups excluding carboxylic acids is 1. The van der Waals surface area contributed by atoms with Crippen LogP contribution in [0, 0.1) is 0 Å².